The second-order valence-electron chi connectivity index (χ2n) is 5.05. The van der Waals surface area contributed by atoms with E-state index in [-0.39, 0.29) is 17.2 Å². The van der Waals surface area contributed by atoms with E-state index in [2.05, 4.69) is 0 Å². The normalized spacial score (nSPS) is 10.3. The predicted molar refractivity (Wildman–Crippen MR) is 89.5 cm³/mol. The first kappa shape index (κ1) is 17.6. The Morgan fingerprint density at radius 3 is 2.38 bits per heavy atom. The molecule has 0 aromatic heterocycles. The molecule has 2 rings (SSSR count). The van der Waals surface area contributed by atoms with Gasteiger partial charge in [-0.2, -0.15) is 0 Å². The molecule has 0 aliphatic heterocycles. The molecule has 0 amide bonds. The first-order valence-corrected chi connectivity index (χ1v) is 7.56. The predicted octanol–water partition coefficient (Wildman–Crippen LogP) is 3.38. The van der Waals surface area contributed by atoms with Crippen LogP contribution in [0, 0.1) is 0 Å². The van der Waals surface area contributed by atoms with Crippen LogP contribution in [0.1, 0.15) is 30.6 Å². The third-order valence-electron chi connectivity index (χ3n) is 3.43. The Morgan fingerprint density at radius 1 is 1.12 bits per heavy atom. The van der Waals surface area contributed by atoms with Crippen molar-refractivity contribution in [1.82, 2.24) is 0 Å². The van der Waals surface area contributed by atoms with Crippen LogP contribution in [-0.4, -0.2) is 33.1 Å². The smallest absolute Gasteiger partial charge is 0.308 e. The Bertz CT molecular complexity index is 766. The Labute approximate surface area is 140 Å². The summed E-state index contributed by atoms with van der Waals surface area (Å²) in [5.41, 5.74) is 0.308. The number of aldehydes is 1. The van der Waals surface area contributed by atoms with Gasteiger partial charge < -0.3 is 18.9 Å². The fourth-order valence-electron chi connectivity index (χ4n) is 2.53. The van der Waals surface area contributed by atoms with Gasteiger partial charge in [0.25, 0.3) is 0 Å². The minimum Gasteiger partial charge on any atom is -0.493 e. The van der Waals surface area contributed by atoms with Gasteiger partial charge in [-0.3, -0.25) is 9.59 Å². The van der Waals surface area contributed by atoms with Crippen molar-refractivity contribution in [2.24, 2.45) is 0 Å². The van der Waals surface area contributed by atoms with Crippen molar-refractivity contribution in [3.05, 3.63) is 23.8 Å². The number of esters is 1. The number of rotatable bonds is 7. The third-order valence-corrected chi connectivity index (χ3v) is 3.43. The van der Waals surface area contributed by atoms with Gasteiger partial charge in [0.15, 0.2) is 17.8 Å². The summed E-state index contributed by atoms with van der Waals surface area (Å²) in [6.45, 7) is 3.77. The summed E-state index contributed by atoms with van der Waals surface area (Å²) < 4.78 is 21.8. The van der Waals surface area contributed by atoms with Crippen molar-refractivity contribution >= 4 is 23.0 Å². The molecular formula is C18H20O6. The van der Waals surface area contributed by atoms with Crippen LogP contribution >= 0.6 is 0 Å². The summed E-state index contributed by atoms with van der Waals surface area (Å²) >= 11 is 0. The maximum absolute atomic E-state index is 11.6. The van der Waals surface area contributed by atoms with Crippen LogP contribution in [-0.2, 0) is 4.79 Å². The number of ether oxygens (including phenoxy) is 4. The number of carbonyl (C=O) groups excluding carboxylic acids is 2. The molecule has 24 heavy (non-hydrogen) atoms. The van der Waals surface area contributed by atoms with E-state index >= 15 is 0 Å². The summed E-state index contributed by atoms with van der Waals surface area (Å²) in [5.74, 6) is 0.559. The van der Waals surface area contributed by atoms with Crippen LogP contribution in [0.25, 0.3) is 10.8 Å². The summed E-state index contributed by atoms with van der Waals surface area (Å²) in [6.07, 6.45) is 1.50. The molecule has 128 valence electrons. The molecule has 0 saturated carbocycles. The first-order chi connectivity index (χ1) is 11.6. The van der Waals surface area contributed by atoms with E-state index in [1.165, 1.54) is 21.1 Å². The van der Waals surface area contributed by atoms with Crippen LogP contribution in [0.15, 0.2) is 18.2 Å². The number of fused-ring (bicyclic) bond motifs is 1. The van der Waals surface area contributed by atoms with Gasteiger partial charge in [-0.1, -0.05) is 19.1 Å². The lowest BCUT2D eigenvalue weighted by molar-refractivity contribution is -0.131. The minimum absolute atomic E-state index is 0.175. The molecule has 0 aliphatic rings. The summed E-state index contributed by atoms with van der Waals surface area (Å²) in [6, 6.07) is 5.27. The van der Waals surface area contributed by atoms with E-state index in [1.54, 1.807) is 18.2 Å². The number of hydrogen-bond acceptors (Lipinski definition) is 6. The molecule has 0 spiro atoms. The monoisotopic (exact) mass is 332 g/mol. The average Bonchev–Trinajstić information content (AvgIpc) is 2.58. The van der Waals surface area contributed by atoms with Gasteiger partial charge in [-0.25, -0.2) is 0 Å². The maximum Gasteiger partial charge on any atom is 0.308 e. The van der Waals surface area contributed by atoms with E-state index in [9.17, 15) is 9.59 Å². The van der Waals surface area contributed by atoms with Crippen LogP contribution in [0.4, 0.5) is 0 Å². The van der Waals surface area contributed by atoms with E-state index < -0.39 is 5.97 Å². The van der Waals surface area contributed by atoms with Crippen LogP contribution in [0.5, 0.6) is 23.0 Å². The zero-order valence-corrected chi connectivity index (χ0v) is 14.2. The molecule has 0 unspecified atom stereocenters. The van der Waals surface area contributed by atoms with Crippen LogP contribution in [0.2, 0.25) is 0 Å². The number of hydrogen-bond donors (Lipinski definition) is 0. The van der Waals surface area contributed by atoms with Gasteiger partial charge in [-0.05, 0) is 12.5 Å². The quantitative estimate of drug-likeness (QED) is 0.440. The highest BCUT2D eigenvalue weighted by atomic mass is 16.6. The van der Waals surface area contributed by atoms with Crippen molar-refractivity contribution in [1.29, 1.82) is 0 Å². The van der Waals surface area contributed by atoms with E-state index in [0.29, 0.717) is 35.0 Å². The highest BCUT2D eigenvalue weighted by Crippen LogP contribution is 2.49. The van der Waals surface area contributed by atoms with Gasteiger partial charge in [0.2, 0.25) is 5.75 Å². The second-order valence-corrected chi connectivity index (χ2v) is 5.05. The second kappa shape index (κ2) is 7.68. The van der Waals surface area contributed by atoms with Gasteiger partial charge in [0.1, 0.15) is 5.75 Å². The lowest BCUT2D eigenvalue weighted by Crippen LogP contribution is -2.07. The first-order valence-electron chi connectivity index (χ1n) is 7.56. The molecule has 6 nitrogen and oxygen atoms in total. The zero-order valence-electron chi connectivity index (χ0n) is 14.2. The van der Waals surface area contributed by atoms with E-state index in [1.807, 2.05) is 6.92 Å². The van der Waals surface area contributed by atoms with Crippen molar-refractivity contribution in [2.75, 3.05) is 20.8 Å². The third kappa shape index (κ3) is 3.13. The number of benzene rings is 2. The molecule has 0 N–H and O–H groups in total. The fourth-order valence-corrected chi connectivity index (χ4v) is 2.53. The highest BCUT2D eigenvalue weighted by Gasteiger charge is 2.25. The van der Waals surface area contributed by atoms with Gasteiger partial charge in [0, 0.05) is 12.3 Å². The van der Waals surface area contributed by atoms with Crippen LogP contribution in [0.3, 0.4) is 0 Å². The summed E-state index contributed by atoms with van der Waals surface area (Å²) in [7, 11) is 2.84. The van der Waals surface area contributed by atoms with Crippen molar-refractivity contribution < 1.29 is 28.5 Å². The van der Waals surface area contributed by atoms with E-state index in [0.717, 1.165) is 6.42 Å². The molecule has 0 aliphatic carbocycles. The molecular weight excluding hydrogens is 312 g/mol. The Balaban J connectivity index is 2.93. The molecule has 0 heterocycles. The molecule has 2 aromatic rings. The fraction of sp³-hybridized carbons (Fsp3) is 0.333. The maximum atomic E-state index is 11.6. The van der Waals surface area contributed by atoms with Gasteiger partial charge in [0.05, 0.1) is 31.8 Å². The summed E-state index contributed by atoms with van der Waals surface area (Å²) in [4.78, 5) is 23.2. The van der Waals surface area contributed by atoms with Crippen molar-refractivity contribution in [3.63, 3.8) is 0 Å². The van der Waals surface area contributed by atoms with Gasteiger partial charge in [-0.15, -0.1) is 0 Å². The molecule has 0 bridgehead atoms. The molecule has 0 fully saturated rings. The largest absolute Gasteiger partial charge is 0.493 e. The minimum atomic E-state index is -0.513. The topological polar surface area (TPSA) is 71.1 Å². The van der Waals surface area contributed by atoms with E-state index in [4.69, 9.17) is 18.9 Å². The standard InChI is InChI=1S/C18H20O6/c1-5-9-23-14-8-6-7-12-13(10-19)16(21-3)18(22-4)17(15(12)14)24-11(2)20/h6-8,10H,5,9H2,1-4H3. The SMILES string of the molecule is CCCOc1cccc2c(C=O)c(OC)c(OC)c(OC(C)=O)c12. The molecule has 0 radical (unpaired) electrons. The van der Waals surface area contributed by atoms with Crippen molar-refractivity contribution in [3.8, 4) is 23.0 Å². The zero-order chi connectivity index (χ0) is 17.7. The summed E-state index contributed by atoms with van der Waals surface area (Å²) in [5, 5.41) is 1.06. The number of methoxy groups -OCH3 is 2. The Kier molecular flexibility index (Phi) is 5.63. The number of carbonyl (C=O) groups is 2. The molecule has 0 saturated heterocycles. The molecule has 6 heteroatoms. The lowest BCUT2D eigenvalue weighted by Gasteiger charge is -2.19. The van der Waals surface area contributed by atoms with Crippen molar-refractivity contribution in [2.45, 2.75) is 20.3 Å². The van der Waals surface area contributed by atoms with Gasteiger partial charge >= 0.3 is 5.97 Å². The Hall–Kier alpha value is -2.76. The highest BCUT2D eigenvalue weighted by molar-refractivity contribution is 6.09. The Morgan fingerprint density at radius 2 is 1.83 bits per heavy atom. The lowest BCUT2D eigenvalue weighted by atomic mass is 10.0. The molecule has 0 atom stereocenters. The average molecular weight is 332 g/mol. The molecule has 2 aromatic carbocycles. The van der Waals surface area contributed by atoms with Crippen LogP contribution < -0.4 is 18.9 Å².